The molecule has 1 aromatic carbocycles. The number of benzene rings is 1. The summed E-state index contributed by atoms with van der Waals surface area (Å²) in [5.74, 6) is 0.214. The van der Waals surface area contributed by atoms with E-state index in [-0.39, 0.29) is 11.2 Å². The van der Waals surface area contributed by atoms with Crippen molar-refractivity contribution in [2.24, 2.45) is 0 Å². The van der Waals surface area contributed by atoms with Crippen molar-refractivity contribution in [3.05, 3.63) is 28.8 Å². The van der Waals surface area contributed by atoms with Crippen LogP contribution in [0.3, 0.4) is 0 Å². The van der Waals surface area contributed by atoms with E-state index in [2.05, 4.69) is 20.8 Å². The van der Waals surface area contributed by atoms with E-state index in [1.54, 1.807) is 13.8 Å². The standard InChI is InChI=1S/C14H22O2/c1-9-7-10(13(2,3)4)12(15)11(8-9)14(5,6)16/h7-8,15-16H,1-6H3. The molecule has 1 aromatic rings. The molecule has 90 valence electrons. The van der Waals surface area contributed by atoms with Crippen molar-refractivity contribution in [3.8, 4) is 5.75 Å². The fourth-order valence-corrected chi connectivity index (χ4v) is 1.82. The first kappa shape index (κ1) is 13.0. The van der Waals surface area contributed by atoms with Crippen molar-refractivity contribution < 1.29 is 10.2 Å². The summed E-state index contributed by atoms with van der Waals surface area (Å²) in [6, 6.07) is 3.81. The number of hydrogen-bond donors (Lipinski definition) is 2. The van der Waals surface area contributed by atoms with Crippen LogP contribution < -0.4 is 0 Å². The van der Waals surface area contributed by atoms with Crippen molar-refractivity contribution in [1.29, 1.82) is 0 Å². The topological polar surface area (TPSA) is 40.5 Å². The number of hydrogen-bond acceptors (Lipinski definition) is 2. The summed E-state index contributed by atoms with van der Waals surface area (Å²) in [6.45, 7) is 11.5. The molecule has 0 fully saturated rings. The molecule has 0 aliphatic carbocycles. The highest BCUT2D eigenvalue weighted by atomic mass is 16.3. The predicted molar refractivity (Wildman–Crippen MR) is 66.8 cm³/mol. The lowest BCUT2D eigenvalue weighted by molar-refractivity contribution is 0.0755. The Morgan fingerprint density at radius 1 is 0.938 bits per heavy atom. The Morgan fingerprint density at radius 2 is 1.38 bits per heavy atom. The van der Waals surface area contributed by atoms with Gasteiger partial charge in [0.1, 0.15) is 5.75 Å². The Hall–Kier alpha value is -1.02. The Balaban J connectivity index is 3.51. The second-order valence-corrected chi connectivity index (χ2v) is 6.02. The van der Waals surface area contributed by atoms with Crippen LogP contribution in [0, 0.1) is 6.92 Å². The van der Waals surface area contributed by atoms with E-state index in [0.717, 1.165) is 11.1 Å². The van der Waals surface area contributed by atoms with Gasteiger partial charge in [0.2, 0.25) is 0 Å². The normalized spacial score (nSPS) is 12.9. The molecule has 0 radical (unpaired) electrons. The van der Waals surface area contributed by atoms with Gasteiger partial charge in [0.25, 0.3) is 0 Å². The molecule has 0 atom stereocenters. The smallest absolute Gasteiger partial charge is 0.125 e. The van der Waals surface area contributed by atoms with E-state index in [9.17, 15) is 10.2 Å². The van der Waals surface area contributed by atoms with Crippen molar-refractivity contribution in [3.63, 3.8) is 0 Å². The third kappa shape index (κ3) is 2.56. The van der Waals surface area contributed by atoms with Gasteiger partial charge in [-0.05, 0) is 37.8 Å². The molecule has 0 spiro atoms. The fraction of sp³-hybridized carbons (Fsp3) is 0.571. The molecule has 0 bridgehead atoms. The van der Waals surface area contributed by atoms with Crippen LogP contribution in [0.15, 0.2) is 12.1 Å². The molecule has 1 rings (SSSR count). The number of rotatable bonds is 1. The van der Waals surface area contributed by atoms with Crippen LogP contribution in [0.25, 0.3) is 0 Å². The summed E-state index contributed by atoms with van der Waals surface area (Å²) in [6.07, 6.45) is 0. The molecule has 0 saturated heterocycles. The third-order valence-corrected chi connectivity index (χ3v) is 2.72. The van der Waals surface area contributed by atoms with E-state index in [4.69, 9.17) is 0 Å². The molecule has 0 saturated carbocycles. The minimum absolute atomic E-state index is 0.129. The molecule has 16 heavy (non-hydrogen) atoms. The Morgan fingerprint density at radius 3 is 1.75 bits per heavy atom. The summed E-state index contributed by atoms with van der Waals surface area (Å²) in [5.41, 5.74) is 1.38. The van der Waals surface area contributed by atoms with Crippen LogP contribution in [0.5, 0.6) is 5.75 Å². The lowest BCUT2D eigenvalue weighted by Crippen LogP contribution is -2.19. The molecule has 0 aliphatic rings. The zero-order valence-corrected chi connectivity index (χ0v) is 11.0. The second-order valence-electron chi connectivity index (χ2n) is 6.02. The molecule has 0 aliphatic heterocycles. The zero-order valence-electron chi connectivity index (χ0n) is 11.0. The fourth-order valence-electron chi connectivity index (χ4n) is 1.82. The van der Waals surface area contributed by atoms with Gasteiger partial charge in [-0.15, -0.1) is 0 Å². The molecule has 0 unspecified atom stereocenters. The maximum Gasteiger partial charge on any atom is 0.125 e. The monoisotopic (exact) mass is 222 g/mol. The van der Waals surface area contributed by atoms with Gasteiger partial charge in [-0.2, -0.15) is 0 Å². The highest BCUT2D eigenvalue weighted by Crippen LogP contribution is 2.38. The number of aliphatic hydroxyl groups is 1. The Bertz CT molecular complexity index is 357. The van der Waals surface area contributed by atoms with Gasteiger partial charge >= 0.3 is 0 Å². The highest BCUT2D eigenvalue weighted by molar-refractivity contribution is 5.48. The van der Waals surface area contributed by atoms with E-state index in [0.29, 0.717) is 5.56 Å². The van der Waals surface area contributed by atoms with Gasteiger partial charge in [-0.3, -0.25) is 0 Å². The van der Waals surface area contributed by atoms with Crippen LogP contribution in [0.1, 0.15) is 51.3 Å². The van der Waals surface area contributed by atoms with Gasteiger partial charge in [-0.25, -0.2) is 0 Å². The lowest BCUT2D eigenvalue weighted by Gasteiger charge is -2.27. The molecule has 2 nitrogen and oxygen atoms in total. The van der Waals surface area contributed by atoms with Gasteiger partial charge in [0.05, 0.1) is 5.60 Å². The van der Waals surface area contributed by atoms with E-state index >= 15 is 0 Å². The zero-order chi connectivity index (χ0) is 12.7. The molecule has 2 N–H and O–H groups in total. The molecular formula is C14H22O2. The van der Waals surface area contributed by atoms with Gasteiger partial charge in [0.15, 0.2) is 0 Å². The minimum atomic E-state index is -1.02. The largest absolute Gasteiger partial charge is 0.507 e. The van der Waals surface area contributed by atoms with Crippen LogP contribution in [0.2, 0.25) is 0 Å². The van der Waals surface area contributed by atoms with Crippen molar-refractivity contribution >= 4 is 0 Å². The van der Waals surface area contributed by atoms with E-state index < -0.39 is 5.60 Å². The average molecular weight is 222 g/mol. The lowest BCUT2D eigenvalue weighted by atomic mass is 9.82. The van der Waals surface area contributed by atoms with Crippen molar-refractivity contribution in [1.82, 2.24) is 0 Å². The third-order valence-electron chi connectivity index (χ3n) is 2.72. The van der Waals surface area contributed by atoms with Crippen molar-refractivity contribution in [2.75, 3.05) is 0 Å². The Kier molecular flexibility index (Phi) is 3.08. The molecular weight excluding hydrogens is 200 g/mol. The summed E-state index contributed by atoms with van der Waals surface area (Å²) in [5, 5.41) is 20.2. The van der Waals surface area contributed by atoms with E-state index in [1.807, 2.05) is 19.1 Å². The van der Waals surface area contributed by atoms with Crippen LogP contribution in [0.4, 0.5) is 0 Å². The SMILES string of the molecule is Cc1cc(C(C)(C)C)c(O)c(C(C)(C)O)c1. The summed E-state index contributed by atoms with van der Waals surface area (Å²) in [4.78, 5) is 0. The first-order valence-electron chi connectivity index (χ1n) is 5.60. The predicted octanol–water partition coefficient (Wildman–Crippen LogP) is 3.23. The maximum atomic E-state index is 10.2. The average Bonchev–Trinajstić information content (AvgIpc) is 2.04. The van der Waals surface area contributed by atoms with Gasteiger partial charge in [-0.1, -0.05) is 32.4 Å². The summed E-state index contributed by atoms with van der Waals surface area (Å²) < 4.78 is 0. The minimum Gasteiger partial charge on any atom is -0.507 e. The van der Waals surface area contributed by atoms with Crippen LogP contribution >= 0.6 is 0 Å². The maximum absolute atomic E-state index is 10.2. The number of aromatic hydroxyl groups is 1. The Labute approximate surface area is 97.9 Å². The van der Waals surface area contributed by atoms with Gasteiger partial charge in [0, 0.05) is 5.56 Å². The number of phenols is 1. The molecule has 0 amide bonds. The van der Waals surface area contributed by atoms with Crippen LogP contribution in [-0.2, 0) is 11.0 Å². The van der Waals surface area contributed by atoms with E-state index in [1.165, 1.54) is 0 Å². The van der Waals surface area contributed by atoms with Crippen LogP contribution in [-0.4, -0.2) is 10.2 Å². The molecule has 0 heterocycles. The summed E-state index contributed by atoms with van der Waals surface area (Å²) >= 11 is 0. The van der Waals surface area contributed by atoms with Gasteiger partial charge < -0.3 is 10.2 Å². The highest BCUT2D eigenvalue weighted by Gasteiger charge is 2.26. The summed E-state index contributed by atoms with van der Waals surface area (Å²) in [7, 11) is 0. The number of phenolic OH excluding ortho intramolecular Hbond substituents is 1. The molecule has 0 aromatic heterocycles. The molecule has 2 heteroatoms. The first-order valence-corrected chi connectivity index (χ1v) is 5.60. The quantitative estimate of drug-likeness (QED) is 0.766. The van der Waals surface area contributed by atoms with Crippen molar-refractivity contribution in [2.45, 2.75) is 52.6 Å². The second kappa shape index (κ2) is 3.77. The first-order chi connectivity index (χ1) is 7.03. The number of aryl methyl sites for hydroxylation is 1.